The second kappa shape index (κ2) is 7.79. The van der Waals surface area contributed by atoms with Crippen LogP contribution in [0.25, 0.3) is 0 Å². The molecule has 0 N–H and O–H groups in total. The Morgan fingerprint density at radius 3 is 2.29 bits per heavy atom. The zero-order valence-electron chi connectivity index (χ0n) is 15.6. The number of piperidine rings is 1. The fourth-order valence-electron chi connectivity index (χ4n) is 3.79. The Morgan fingerprint density at radius 1 is 1.17 bits per heavy atom. The molecule has 2 nitrogen and oxygen atoms in total. The molecule has 1 aliphatic rings. The molecule has 1 saturated heterocycles. The van der Waals surface area contributed by atoms with Gasteiger partial charge in [0.25, 0.3) is 0 Å². The van der Waals surface area contributed by atoms with Crippen molar-refractivity contribution in [2.45, 2.75) is 83.4 Å². The van der Waals surface area contributed by atoms with Gasteiger partial charge < -0.3 is 0 Å². The highest BCUT2D eigenvalue weighted by atomic mass is 19.1. The molecule has 1 heterocycles. The summed E-state index contributed by atoms with van der Waals surface area (Å²) < 4.78 is 13.3. The van der Waals surface area contributed by atoms with Gasteiger partial charge in [-0.3, -0.25) is 4.84 Å². The van der Waals surface area contributed by atoms with Gasteiger partial charge >= 0.3 is 0 Å². The van der Waals surface area contributed by atoms with Gasteiger partial charge in [-0.2, -0.15) is 5.06 Å². The molecule has 0 radical (unpaired) electrons. The minimum absolute atomic E-state index is 0.00152. The molecule has 3 heteroatoms. The Balaban J connectivity index is 2.22. The van der Waals surface area contributed by atoms with E-state index in [9.17, 15) is 4.39 Å². The first-order valence-corrected chi connectivity index (χ1v) is 9.10. The van der Waals surface area contributed by atoms with Crippen molar-refractivity contribution >= 4 is 0 Å². The third kappa shape index (κ3) is 4.67. The van der Waals surface area contributed by atoms with Crippen LogP contribution < -0.4 is 0 Å². The molecule has 1 unspecified atom stereocenters. The molecule has 1 aromatic rings. The summed E-state index contributed by atoms with van der Waals surface area (Å²) >= 11 is 0. The number of benzene rings is 1. The SMILES string of the molecule is C=CCCCC(ON1C(C)(C)CCCC1(C)C)c1ccc(F)cc1. The van der Waals surface area contributed by atoms with Crippen LogP contribution in [0.4, 0.5) is 4.39 Å². The standard InChI is InChI=1S/C21H32FNO/c1-6-7-8-10-19(17-11-13-18(22)14-12-17)24-23-20(2,3)15-9-16-21(23,4)5/h6,11-14,19H,1,7-10,15-16H2,2-5H3. The van der Waals surface area contributed by atoms with Gasteiger partial charge in [-0.25, -0.2) is 4.39 Å². The van der Waals surface area contributed by atoms with Crippen LogP contribution in [-0.4, -0.2) is 16.1 Å². The average Bonchev–Trinajstić information content (AvgIpc) is 2.49. The number of allylic oxidation sites excluding steroid dienone is 1. The zero-order chi connectivity index (χ0) is 17.8. The minimum atomic E-state index is -0.206. The Bertz CT molecular complexity index is 519. The van der Waals surface area contributed by atoms with E-state index in [-0.39, 0.29) is 23.0 Å². The predicted octanol–water partition coefficient (Wildman–Crippen LogP) is 6.20. The Morgan fingerprint density at radius 2 is 1.75 bits per heavy atom. The lowest BCUT2D eigenvalue weighted by Crippen LogP contribution is -2.58. The van der Waals surface area contributed by atoms with Crippen LogP contribution in [0.15, 0.2) is 36.9 Å². The molecule has 134 valence electrons. The fraction of sp³-hybridized carbons (Fsp3) is 0.619. The molecular formula is C21H32FNO. The van der Waals surface area contributed by atoms with E-state index in [0.29, 0.717) is 0 Å². The third-order valence-corrected chi connectivity index (χ3v) is 5.03. The van der Waals surface area contributed by atoms with Crippen molar-refractivity contribution < 1.29 is 9.23 Å². The summed E-state index contributed by atoms with van der Waals surface area (Å²) in [6.07, 6.45) is 8.24. The van der Waals surface area contributed by atoms with Gasteiger partial charge in [-0.1, -0.05) is 18.2 Å². The van der Waals surface area contributed by atoms with Crippen molar-refractivity contribution in [1.82, 2.24) is 5.06 Å². The quantitative estimate of drug-likeness (QED) is 0.435. The Hall–Kier alpha value is -1.19. The molecule has 0 saturated carbocycles. The first kappa shape index (κ1) is 19.1. The molecular weight excluding hydrogens is 301 g/mol. The lowest BCUT2D eigenvalue weighted by atomic mass is 9.82. The van der Waals surface area contributed by atoms with Crippen LogP contribution in [0.3, 0.4) is 0 Å². The van der Waals surface area contributed by atoms with E-state index in [1.54, 1.807) is 0 Å². The van der Waals surface area contributed by atoms with Crippen LogP contribution in [0.5, 0.6) is 0 Å². The minimum Gasteiger partial charge on any atom is -0.290 e. The zero-order valence-corrected chi connectivity index (χ0v) is 15.6. The molecule has 0 spiro atoms. The van der Waals surface area contributed by atoms with Crippen molar-refractivity contribution in [2.24, 2.45) is 0 Å². The van der Waals surface area contributed by atoms with Gasteiger partial charge in [0.15, 0.2) is 0 Å². The maximum absolute atomic E-state index is 13.3. The summed E-state index contributed by atoms with van der Waals surface area (Å²) in [6, 6.07) is 6.73. The molecule has 1 fully saturated rings. The molecule has 2 rings (SSSR count). The Labute approximate surface area is 146 Å². The monoisotopic (exact) mass is 333 g/mol. The summed E-state index contributed by atoms with van der Waals surface area (Å²) in [5, 5.41) is 2.20. The maximum Gasteiger partial charge on any atom is 0.123 e. The molecule has 0 amide bonds. The summed E-state index contributed by atoms with van der Waals surface area (Å²) in [6.45, 7) is 12.8. The van der Waals surface area contributed by atoms with E-state index in [2.05, 4.69) is 39.3 Å². The van der Waals surface area contributed by atoms with E-state index in [0.717, 1.165) is 37.7 Å². The normalized spacial score (nSPS) is 21.4. The van der Waals surface area contributed by atoms with Crippen LogP contribution in [0.1, 0.15) is 77.9 Å². The lowest BCUT2D eigenvalue weighted by Gasteiger charge is -2.52. The highest BCUT2D eigenvalue weighted by Gasteiger charge is 2.43. The van der Waals surface area contributed by atoms with Crippen LogP contribution in [0, 0.1) is 5.82 Å². The number of halogens is 1. The predicted molar refractivity (Wildman–Crippen MR) is 98.1 cm³/mol. The van der Waals surface area contributed by atoms with Crippen LogP contribution >= 0.6 is 0 Å². The van der Waals surface area contributed by atoms with E-state index >= 15 is 0 Å². The van der Waals surface area contributed by atoms with Crippen molar-refractivity contribution in [2.75, 3.05) is 0 Å². The second-order valence-electron chi connectivity index (χ2n) is 8.14. The van der Waals surface area contributed by atoms with Crippen molar-refractivity contribution in [3.8, 4) is 0 Å². The molecule has 0 aliphatic carbocycles. The van der Waals surface area contributed by atoms with E-state index in [4.69, 9.17) is 4.84 Å². The maximum atomic E-state index is 13.3. The van der Waals surface area contributed by atoms with Gasteiger partial charge in [0.2, 0.25) is 0 Å². The van der Waals surface area contributed by atoms with E-state index in [1.165, 1.54) is 18.6 Å². The van der Waals surface area contributed by atoms with E-state index < -0.39 is 0 Å². The number of rotatable bonds is 7. The lowest BCUT2D eigenvalue weighted by molar-refractivity contribution is -0.308. The number of hydroxylamine groups is 2. The smallest absolute Gasteiger partial charge is 0.123 e. The molecule has 0 bridgehead atoms. The van der Waals surface area contributed by atoms with Gasteiger partial charge in [0.05, 0.1) is 0 Å². The summed E-state index contributed by atoms with van der Waals surface area (Å²) in [4.78, 5) is 6.57. The van der Waals surface area contributed by atoms with Gasteiger partial charge in [0, 0.05) is 11.1 Å². The van der Waals surface area contributed by atoms with Gasteiger partial charge in [0.1, 0.15) is 11.9 Å². The summed E-state index contributed by atoms with van der Waals surface area (Å²) in [7, 11) is 0. The molecule has 1 aromatic carbocycles. The van der Waals surface area contributed by atoms with Crippen molar-refractivity contribution in [3.05, 3.63) is 48.3 Å². The summed E-state index contributed by atoms with van der Waals surface area (Å²) in [5.41, 5.74) is 1.04. The first-order chi connectivity index (χ1) is 11.3. The Kier molecular flexibility index (Phi) is 6.22. The highest BCUT2D eigenvalue weighted by Crippen LogP contribution is 2.41. The number of unbranched alkanes of at least 4 members (excludes halogenated alkanes) is 1. The topological polar surface area (TPSA) is 12.5 Å². The largest absolute Gasteiger partial charge is 0.290 e. The first-order valence-electron chi connectivity index (χ1n) is 9.10. The third-order valence-electron chi connectivity index (χ3n) is 5.03. The summed E-state index contributed by atoms with van der Waals surface area (Å²) in [5.74, 6) is -0.206. The van der Waals surface area contributed by atoms with E-state index in [1.807, 2.05) is 18.2 Å². The molecule has 24 heavy (non-hydrogen) atoms. The molecule has 1 aliphatic heterocycles. The van der Waals surface area contributed by atoms with Crippen LogP contribution in [0.2, 0.25) is 0 Å². The highest BCUT2D eigenvalue weighted by molar-refractivity contribution is 5.18. The van der Waals surface area contributed by atoms with Gasteiger partial charge in [-0.15, -0.1) is 6.58 Å². The number of hydrogen-bond donors (Lipinski definition) is 0. The molecule has 1 atom stereocenters. The number of hydrogen-bond acceptors (Lipinski definition) is 2. The van der Waals surface area contributed by atoms with Crippen molar-refractivity contribution in [3.63, 3.8) is 0 Å². The average molecular weight is 333 g/mol. The van der Waals surface area contributed by atoms with Crippen molar-refractivity contribution in [1.29, 1.82) is 0 Å². The van der Waals surface area contributed by atoms with Crippen LogP contribution in [-0.2, 0) is 4.84 Å². The fourth-order valence-corrected chi connectivity index (χ4v) is 3.79. The number of nitrogens with zero attached hydrogens (tertiary/aromatic N) is 1. The van der Waals surface area contributed by atoms with Gasteiger partial charge in [-0.05, 0) is 83.9 Å². The second-order valence-corrected chi connectivity index (χ2v) is 8.14. The molecule has 0 aromatic heterocycles.